The zero-order valence-corrected chi connectivity index (χ0v) is 9.82. The molecule has 0 saturated carbocycles. The summed E-state index contributed by atoms with van der Waals surface area (Å²) < 4.78 is 9.28. The molecular formula is C10H20N2O4. The first-order valence-corrected chi connectivity index (χ1v) is 5.20. The van der Waals surface area contributed by atoms with Gasteiger partial charge in [-0.2, -0.15) is 0 Å². The van der Waals surface area contributed by atoms with Crippen LogP contribution in [0, 0.1) is 0 Å². The molecule has 0 bridgehead atoms. The molecule has 1 unspecified atom stereocenters. The molecule has 1 amide bonds. The van der Waals surface area contributed by atoms with Crippen molar-refractivity contribution in [1.29, 1.82) is 0 Å². The Morgan fingerprint density at radius 1 is 1.38 bits per heavy atom. The van der Waals surface area contributed by atoms with Gasteiger partial charge in [-0.05, 0) is 12.8 Å². The van der Waals surface area contributed by atoms with Gasteiger partial charge in [0.2, 0.25) is 5.91 Å². The minimum absolute atomic E-state index is 0.220. The lowest BCUT2D eigenvalue weighted by molar-refractivity contribution is -0.140. The summed E-state index contributed by atoms with van der Waals surface area (Å²) in [7, 11) is 2.89. The number of hydrogen-bond acceptors (Lipinski definition) is 5. The van der Waals surface area contributed by atoms with Crippen LogP contribution in [0.2, 0.25) is 0 Å². The van der Waals surface area contributed by atoms with E-state index < -0.39 is 6.04 Å². The minimum Gasteiger partial charge on any atom is -0.469 e. The van der Waals surface area contributed by atoms with Crippen LogP contribution in [0.1, 0.15) is 19.3 Å². The Balaban J connectivity index is 3.53. The maximum atomic E-state index is 11.4. The highest BCUT2D eigenvalue weighted by molar-refractivity contribution is 5.81. The van der Waals surface area contributed by atoms with Crippen molar-refractivity contribution in [2.45, 2.75) is 25.3 Å². The molecule has 94 valence electrons. The lowest BCUT2D eigenvalue weighted by Gasteiger charge is -2.11. The molecule has 1 atom stereocenters. The Morgan fingerprint density at radius 2 is 2.06 bits per heavy atom. The topological polar surface area (TPSA) is 90.6 Å². The van der Waals surface area contributed by atoms with Crippen LogP contribution in [-0.2, 0) is 19.1 Å². The van der Waals surface area contributed by atoms with Gasteiger partial charge < -0.3 is 20.5 Å². The third-order valence-corrected chi connectivity index (χ3v) is 2.05. The lowest BCUT2D eigenvalue weighted by Crippen LogP contribution is -2.41. The number of ether oxygens (including phenoxy) is 2. The molecule has 0 aliphatic carbocycles. The fraction of sp³-hybridized carbons (Fsp3) is 0.800. The van der Waals surface area contributed by atoms with Gasteiger partial charge in [0, 0.05) is 26.7 Å². The predicted molar refractivity (Wildman–Crippen MR) is 58.7 cm³/mol. The van der Waals surface area contributed by atoms with E-state index in [-0.39, 0.29) is 11.9 Å². The number of rotatable bonds is 8. The van der Waals surface area contributed by atoms with E-state index in [1.54, 1.807) is 7.11 Å². The van der Waals surface area contributed by atoms with Crippen molar-refractivity contribution in [2.75, 3.05) is 27.4 Å². The van der Waals surface area contributed by atoms with Crippen molar-refractivity contribution in [1.82, 2.24) is 5.32 Å². The summed E-state index contributed by atoms with van der Waals surface area (Å²) in [5.74, 6) is -0.500. The lowest BCUT2D eigenvalue weighted by atomic mass is 10.2. The summed E-state index contributed by atoms with van der Waals surface area (Å²) in [6, 6.07) is -0.557. The second-order valence-corrected chi connectivity index (χ2v) is 3.36. The fourth-order valence-electron chi connectivity index (χ4n) is 1.05. The molecule has 0 aromatic rings. The van der Waals surface area contributed by atoms with Gasteiger partial charge in [0.15, 0.2) is 0 Å². The highest BCUT2D eigenvalue weighted by Crippen LogP contribution is 1.92. The number of carbonyl (C=O) groups excluding carboxylic acids is 2. The van der Waals surface area contributed by atoms with Gasteiger partial charge >= 0.3 is 5.97 Å². The standard InChI is InChI=1S/C10H20N2O4/c1-15-7-5-8(11)10(14)12-6-3-4-9(13)16-2/h8H,3-7,11H2,1-2H3,(H,12,14). The normalized spacial score (nSPS) is 11.9. The summed E-state index contributed by atoms with van der Waals surface area (Å²) in [5.41, 5.74) is 5.59. The SMILES string of the molecule is COCCC(N)C(=O)NCCCC(=O)OC. The number of amides is 1. The highest BCUT2D eigenvalue weighted by atomic mass is 16.5. The Kier molecular flexibility index (Phi) is 8.46. The molecule has 0 fully saturated rings. The predicted octanol–water partition coefficient (Wildman–Crippen LogP) is -0.580. The number of methoxy groups -OCH3 is 2. The number of esters is 1. The average molecular weight is 232 g/mol. The second-order valence-electron chi connectivity index (χ2n) is 3.36. The number of hydrogen-bond donors (Lipinski definition) is 2. The van der Waals surface area contributed by atoms with E-state index in [1.165, 1.54) is 7.11 Å². The van der Waals surface area contributed by atoms with Crippen LogP contribution in [0.3, 0.4) is 0 Å². The van der Waals surface area contributed by atoms with Gasteiger partial charge in [0.25, 0.3) is 0 Å². The second kappa shape index (κ2) is 9.11. The van der Waals surface area contributed by atoms with E-state index in [4.69, 9.17) is 10.5 Å². The van der Waals surface area contributed by atoms with E-state index in [0.29, 0.717) is 32.4 Å². The summed E-state index contributed by atoms with van der Waals surface area (Å²) in [6.45, 7) is 0.880. The Labute approximate surface area is 95.5 Å². The quantitative estimate of drug-likeness (QED) is 0.431. The molecule has 0 spiro atoms. The summed E-state index contributed by atoms with van der Waals surface area (Å²) in [4.78, 5) is 22.1. The first kappa shape index (κ1) is 14.9. The first-order chi connectivity index (χ1) is 7.61. The molecule has 0 radical (unpaired) electrons. The third-order valence-electron chi connectivity index (χ3n) is 2.05. The number of carbonyl (C=O) groups is 2. The Morgan fingerprint density at radius 3 is 2.62 bits per heavy atom. The van der Waals surface area contributed by atoms with Crippen LogP contribution in [0.4, 0.5) is 0 Å². The molecule has 0 rings (SSSR count). The van der Waals surface area contributed by atoms with E-state index >= 15 is 0 Å². The average Bonchev–Trinajstić information content (AvgIpc) is 2.30. The molecule has 0 heterocycles. The zero-order valence-electron chi connectivity index (χ0n) is 9.82. The summed E-state index contributed by atoms with van der Waals surface area (Å²) in [6.07, 6.45) is 1.33. The van der Waals surface area contributed by atoms with Gasteiger partial charge in [-0.1, -0.05) is 0 Å². The van der Waals surface area contributed by atoms with Gasteiger partial charge in [-0.15, -0.1) is 0 Å². The minimum atomic E-state index is -0.557. The van der Waals surface area contributed by atoms with Gasteiger partial charge in [0.1, 0.15) is 0 Å². The van der Waals surface area contributed by atoms with E-state index in [1.807, 2.05) is 0 Å². The third kappa shape index (κ3) is 7.19. The monoisotopic (exact) mass is 232 g/mol. The Hall–Kier alpha value is -1.14. The van der Waals surface area contributed by atoms with Crippen molar-refractivity contribution in [3.63, 3.8) is 0 Å². The molecule has 0 aliphatic heterocycles. The Bertz CT molecular complexity index is 221. The van der Waals surface area contributed by atoms with Gasteiger partial charge in [-0.3, -0.25) is 9.59 Å². The van der Waals surface area contributed by atoms with E-state index in [9.17, 15) is 9.59 Å². The molecule has 3 N–H and O–H groups in total. The fourth-order valence-corrected chi connectivity index (χ4v) is 1.05. The number of nitrogens with one attached hydrogen (secondary N) is 1. The maximum Gasteiger partial charge on any atom is 0.305 e. The molecular weight excluding hydrogens is 212 g/mol. The van der Waals surface area contributed by atoms with Crippen molar-refractivity contribution in [3.05, 3.63) is 0 Å². The van der Waals surface area contributed by atoms with Crippen LogP contribution in [0.25, 0.3) is 0 Å². The molecule has 16 heavy (non-hydrogen) atoms. The molecule has 0 aromatic carbocycles. The molecule has 6 heteroatoms. The smallest absolute Gasteiger partial charge is 0.305 e. The van der Waals surface area contributed by atoms with Crippen LogP contribution in [0.5, 0.6) is 0 Å². The van der Waals surface area contributed by atoms with Crippen LogP contribution in [0.15, 0.2) is 0 Å². The van der Waals surface area contributed by atoms with Crippen molar-refractivity contribution >= 4 is 11.9 Å². The van der Waals surface area contributed by atoms with E-state index in [0.717, 1.165) is 0 Å². The van der Waals surface area contributed by atoms with Crippen molar-refractivity contribution < 1.29 is 19.1 Å². The molecule has 0 saturated heterocycles. The highest BCUT2D eigenvalue weighted by Gasteiger charge is 2.12. The first-order valence-electron chi connectivity index (χ1n) is 5.20. The van der Waals surface area contributed by atoms with E-state index in [2.05, 4.69) is 10.1 Å². The summed E-state index contributed by atoms with van der Waals surface area (Å²) in [5, 5.41) is 2.64. The van der Waals surface area contributed by atoms with Gasteiger partial charge in [0.05, 0.1) is 13.2 Å². The maximum absolute atomic E-state index is 11.4. The van der Waals surface area contributed by atoms with Crippen LogP contribution in [-0.4, -0.2) is 45.3 Å². The molecule has 0 aliphatic rings. The molecule has 6 nitrogen and oxygen atoms in total. The van der Waals surface area contributed by atoms with Crippen LogP contribution < -0.4 is 11.1 Å². The van der Waals surface area contributed by atoms with Crippen molar-refractivity contribution in [2.24, 2.45) is 5.73 Å². The van der Waals surface area contributed by atoms with Crippen LogP contribution >= 0.6 is 0 Å². The van der Waals surface area contributed by atoms with Crippen molar-refractivity contribution in [3.8, 4) is 0 Å². The number of nitrogens with two attached hydrogens (primary N) is 1. The zero-order chi connectivity index (χ0) is 12.4. The molecule has 0 aromatic heterocycles. The summed E-state index contributed by atoms with van der Waals surface area (Å²) >= 11 is 0. The largest absolute Gasteiger partial charge is 0.469 e. The van der Waals surface area contributed by atoms with Gasteiger partial charge in [-0.25, -0.2) is 0 Å².